The fraction of sp³-hybridized carbons (Fsp3) is 0. The molecular weight excluding hydrogens is 96.5 g/mol. The number of hydrogen-bond donors (Lipinski definition) is 1. The maximum absolute atomic E-state index is 10.1. The molecule has 0 saturated heterocycles. The lowest BCUT2D eigenvalue weighted by molar-refractivity contribution is -0.113. The molecule has 0 fully saturated rings. The third-order valence-electron chi connectivity index (χ3n) is 0.0445. The lowest BCUT2D eigenvalue weighted by atomic mass is 11.5. The van der Waals surface area contributed by atoms with Gasteiger partial charge in [-0.2, -0.15) is 5.54 Å². The van der Waals surface area contributed by atoms with Gasteiger partial charge in [-0.15, -0.1) is 16.9 Å². The van der Waals surface area contributed by atoms with Gasteiger partial charge in [0.2, 0.25) is 6.41 Å². The molecule has 0 heterocycles. The van der Waals surface area contributed by atoms with Crippen molar-refractivity contribution < 1.29 is 9.28 Å². The van der Waals surface area contributed by atoms with Crippen LogP contribution in [0.2, 0.25) is 0 Å². The number of amides is 1. The number of nitrogens with one attached hydrogen (secondary N) is 1. The summed E-state index contributed by atoms with van der Waals surface area (Å²) in [5.74, 6) is 0. The summed E-state index contributed by atoms with van der Waals surface area (Å²) < 4.78 is 10.1. The largest absolute Gasteiger partial charge is 0.276 e. The van der Waals surface area contributed by atoms with Crippen molar-refractivity contribution in [3.8, 4) is 0 Å². The zero-order chi connectivity index (χ0) is 3.41. The zero-order valence-corrected chi connectivity index (χ0v) is 3.09. The first-order chi connectivity index (χ1) is 1.91. The summed E-state index contributed by atoms with van der Waals surface area (Å²) in [6, 6.07) is 0. The number of carbonyl (C=O) groups is 1. The van der Waals surface area contributed by atoms with E-state index in [1.54, 1.807) is 0 Å². The molecule has 0 atom stereocenters. The van der Waals surface area contributed by atoms with Crippen molar-refractivity contribution in [1.29, 1.82) is 0 Å². The Hall–Kier alpha value is -0.310. The van der Waals surface area contributed by atoms with Gasteiger partial charge in [-0.3, -0.25) is 4.79 Å². The molecule has 0 unspecified atom stereocenters. The molecule has 32 valence electrons. The lowest BCUT2D eigenvalue weighted by Crippen LogP contribution is -1.89. The van der Waals surface area contributed by atoms with Crippen LogP contribution in [0.3, 0.4) is 0 Å². The fourth-order valence-electron chi connectivity index (χ4n) is 0. The van der Waals surface area contributed by atoms with Crippen molar-refractivity contribution in [1.82, 2.24) is 5.54 Å². The molecule has 4 heteroatoms. The third-order valence-corrected chi connectivity index (χ3v) is 0.0445. The van der Waals surface area contributed by atoms with Gasteiger partial charge in [0, 0.05) is 0 Å². The Kier molecular flexibility index (Phi) is 16.5. The molecule has 0 aliphatic carbocycles. The van der Waals surface area contributed by atoms with Crippen molar-refractivity contribution in [3.05, 3.63) is 0 Å². The van der Waals surface area contributed by atoms with Crippen molar-refractivity contribution in [3.63, 3.8) is 0 Å². The highest BCUT2D eigenvalue weighted by atomic mass is 35.5. The van der Waals surface area contributed by atoms with Crippen LogP contribution in [-0.4, -0.2) is 6.41 Å². The van der Waals surface area contributed by atoms with E-state index in [0.29, 0.717) is 0 Å². The van der Waals surface area contributed by atoms with Crippen LogP contribution in [0.1, 0.15) is 0 Å². The van der Waals surface area contributed by atoms with Gasteiger partial charge < -0.3 is 0 Å². The Bertz CT molecular complexity index is 25.6. The second-order valence-electron chi connectivity index (χ2n) is 0.227. The second-order valence-corrected chi connectivity index (χ2v) is 0.227. The zero-order valence-electron chi connectivity index (χ0n) is 2.27. The maximum Gasteiger partial charge on any atom is 0.234 e. The molecule has 0 aliphatic heterocycles. The SMILES string of the molecule is Cl.O=CNF. The summed E-state index contributed by atoms with van der Waals surface area (Å²) in [6.45, 7) is 0. The highest BCUT2D eigenvalue weighted by Gasteiger charge is 1.48. The van der Waals surface area contributed by atoms with Crippen LogP contribution in [0, 0.1) is 0 Å². The van der Waals surface area contributed by atoms with Gasteiger partial charge in [0.25, 0.3) is 0 Å². The summed E-state index contributed by atoms with van der Waals surface area (Å²) >= 11 is 0. The van der Waals surface area contributed by atoms with E-state index in [9.17, 15) is 4.48 Å². The molecule has 0 radical (unpaired) electrons. The van der Waals surface area contributed by atoms with Gasteiger partial charge in [0.1, 0.15) is 0 Å². The van der Waals surface area contributed by atoms with Gasteiger partial charge in [0.05, 0.1) is 0 Å². The first kappa shape index (κ1) is 8.83. The highest BCUT2D eigenvalue weighted by molar-refractivity contribution is 5.85. The molecule has 2 nitrogen and oxygen atoms in total. The van der Waals surface area contributed by atoms with Crippen LogP contribution in [0.15, 0.2) is 0 Å². The first-order valence-electron chi connectivity index (χ1n) is 0.713. The highest BCUT2D eigenvalue weighted by Crippen LogP contribution is 1.28. The van der Waals surface area contributed by atoms with Crippen molar-refractivity contribution in [2.75, 3.05) is 0 Å². The summed E-state index contributed by atoms with van der Waals surface area (Å²) in [5, 5.41) is 0. The number of halogens is 2. The smallest absolute Gasteiger partial charge is 0.234 e. The van der Waals surface area contributed by atoms with Gasteiger partial charge in [-0.1, -0.05) is 0 Å². The van der Waals surface area contributed by atoms with Crippen LogP contribution >= 0.6 is 12.4 Å². The topological polar surface area (TPSA) is 29.1 Å². The molecule has 0 saturated carbocycles. The Morgan fingerprint density at radius 1 is 1.80 bits per heavy atom. The molecule has 1 N–H and O–H groups in total. The molecule has 1 amide bonds. The van der Waals surface area contributed by atoms with Gasteiger partial charge >= 0.3 is 0 Å². The van der Waals surface area contributed by atoms with E-state index in [-0.39, 0.29) is 18.8 Å². The predicted molar refractivity (Wildman–Crippen MR) is 17.6 cm³/mol. The average molecular weight is 99.5 g/mol. The minimum absolute atomic E-state index is 0. The molecule has 0 bridgehead atoms. The molecule has 5 heavy (non-hydrogen) atoms. The first-order valence-corrected chi connectivity index (χ1v) is 0.713. The van der Waals surface area contributed by atoms with E-state index in [4.69, 9.17) is 4.79 Å². The van der Waals surface area contributed by atoms with E-state index >= 15 is 0 Å². The molecule has 0 spiro atoms. The number of carbonyl (C=O) groups excluding carboxylic acids is 1. The standard InChI is InChI=1S/CH2FNO.ClH/c2-3-1-4;/h1H,(H,3,4);1H. The monoisotopic (exact) mass is 99.0 g/mol. The van der Waals surface area contributed by atoms with E-state index in [2.05, 4.69) is 0 Å². The molecule has 0 rings (SSSR count). The van der Waals surface area contributed by atoms with E-state index in [0.717, 1.165) is 5.54 Å². The lowest BCUT2D eigenvalue weighted by Gasteiger charge is -1.57. The molecule has 0 aromatic rings. The fourth-order valence-corrected chi connectivity index (χ4v) is 0. The van der Waals surface area contributed by atoms with Crippen LogP contribution in [0.4, 0.5) is 4.48 Å². The maximum atomic E-state index is 10.1. The van der Waals surface area contributed by atoms with Gasteiger partial charge in [-0.05, 0) is 0 Å². The van der Waals surface area contributed by atoms with E-state index in [1.165, 1.54) is 0 Å². The van der Waals surface area contributed by atoms with Crippen molar-refractivity contribution in [2.24, 2.45) is 0 Å². The van der Waals surface area contributed by atoms with Crippen LogP contribution in [0.25, 0.3) is 0 Å². The van der Waals surface area contributed by atoms with Crippen molar-refractivity contribution >= 4 is 18.8 Å². The molecule has 0 aromatic heterocycles. The second kappa shape index (κ2) is 9.35. The van der Waals surface area contributed by atoms with E-state index in [1.807, 2.05) is 0 Å². The van der Waals surface area contributed by atoms with Gasteiger partial charge in [0.15, 0.2) is 0 Å². The summed E-state index contributed by atoms with van der Waals surface area (Å²) in [7, 11) is 0. The van der Waals surface area contributed by atoms with Crippen LogP contribution < -0.4 is 5.54 Å². The minimum Gasteiger partial charge on any atom is -0.276 e. The average Bonchev–Trinajstić information content (AvgIpc) is 1.37. The predicted octanol–water partition coefficient (Wildman–Crippen LogP) is 0.0387. The minimum atomic E-state index is -0.0417. The number of hydrogen-bond acceptors (Lipinski definition) is 1. The Labute approximate surface area is 34.7 Å². The summed E-state index contributed by atoms with van der Waals surface area (Å²) in [4.78, 5) is 8.69. The molecule has 0 aliphatic rings. The van der Waals surface area contributed by atoms with Crippen LogP contribution in [0.5, 0.6) is 0 Å². The summed E-state index contributed by atoms with van der Waals surface area (Å²) in [6.07, 6.45) is -0.0417. The molecule has 0 aromatic carbocycles. The number of rotatable bonds is 1. The Balaban J connectivity index is 0. The summed E-state index contributed by atoms with van der Waals surface area (Å²) in [5.41, 5.74) is 0.750. The van der Waals surface area contributed by atoms with Gasteiger partial charge in [-0.25, -0.2) is 0 Å². The van der Waals surface area contributed by atoms with Crippen LogP contribution in [-0.2, 0) is 4.79 Å². The molecular formula is CH3ClFNO. The van der Waals surface area contributed by atoms with E-state index < -0.39 is 0 Å². The normalized spacial score (nSPS) is 4.20. The Morgan fingerprint density at radius 2 is 2.00 bits per heavy atom. The third kappa shape index (κ3) is 22.1. The quantitative estimate of drug-likeness (QED) is 0.365. The Morgan fingerprint density at radius 3 is 2.00 bits per heavy atom. The van der Waals surface area contributed by atoms with Crippen molar-refractivity contribution in [2.45, 2.75) is 0 Å².